The van der Waals surface area contributed by atoms with E-state index in [1.54, 1.807) is 12.1 Å². The number of allylic oxidation sites excluding steroid dienone is 1. The van der Waals surface area contributed by atoms with Gasteiger partial charge in [-0.25, -0.2) is 4.79 Å². The number of carbonyl (C=O) groups excluding carboxylic acids is 2. The van der Waals surface area contributed by atoms with Crippen molar-refractivity contribution in [2.75, 3.05) is 39.5 Å². The van der Waals surface area contributed by atoms with Crippen molar-refractivity contribution in [2.24, 2.45) is 28.8 Å². The molecule has 2 saturated carbocycles. The van der Waals surface area contributed by atoms with Crippen LogP contribution in [0, 0.1) is 23.7 Å². The van der Waals surface area contributed by atoms with Gasteiger partial charge in [0.1, 0.15) is 24.1 Å². The van der Waals surface area contributed by atoms with Crippen LogP contribution in [0.25, 0.3) is 0 Å². The van der Waals surface area contributed by atoms with Gasteiger partial charge < -0.3 is 39.5 Å². The molecule has 11 nitrogen and oxygen atoms in total. The SMILES string of the molecule is C=CCOC12Oc3ccc(OC(=O)NCCCCCCCCCCCC)cc3C3C(CCCCO)C(CCCCO)C=C(C(=NOCC)CC1N(CCC)C(=O)C1CC1)C32. The number of aliphatic hydroxyl groups is 2. The third-order valence-electron chi connectivity index (χ3n) is 13.0. The van der Waals surface area contributed by atoms with Crippen molar-refractivity contribution in [2.45, 2.75) is 167 Å². The quantitative estimate of drug-likeness (QED) is 0.0412. The summed E-state index contributed by atoms with van der Waals surface area (Å²) in [6, 6.07) is 5.15. The number of benzene rings is 1. The molecule has 3 aliphatic carbocycles. The molecule has 0 spiro atoms. The lowest BCUT2D eigenvalue weighted by molar-refractivity contribution is -0.257. The molecule has 0 saturated heterocycles. The maximum atomic E-state index is 14.3. The van der Waals surface area contributed by atoms with Crippen LogP contribution in [0.1, 0.15) is 161 Å². The Morgan fingerprint density at radius 2 is 1.63 bits per heavy atom. The van der Waals surface area contributed by atoms with Gasteiger partial charge in [-0.2, -0.15) is 0 Å². The average molecular weight is 836 g/mol. The number of nitrogens with zero attached hydrogens (tertiary/aromatic N) is 2. The number of nitrogens with one attached hydrogen (secondary N) is 1. The second-order valence-electron chi connectivity index (χ2n) is 17.5. The second kappa shape index (κ2) is 24.9. The lowest BCUT2D eigenvalue weighted by atomic mass is 9.55. The third-order valence-corrected chi connectivity index (χ3v) is 13.0. The molecule has 1 aromatic rings. The van der Waals surface area contributed by atoms with E-state index in [0.717, 1.165) is 74.6 Å². The zero-order chi connectivity index (χ0) is 42.7. The number of hydrogen-bond donors (Lipinski definition) is 3. The molecule has 0 aromatic heterocycles. The van der Waals surface area contributed by atoms with Gasteiger partial charge in [0.05, 0.1) is 18.2 Å². The van der Waals surface area contributed by atoms with Gasteiger partial charge in [-0.1, -0.05) is 102 Å². The summed E-state index contributed by atoms with van der Waals surface area (Å²) in [5, 5.41) is 27.5. The summed E-state index contributed by atoms with van der Waals surface area (Å²) in [6.45, 7) is 12.3. The number of rotatable bonds is 29. The predicted octanol–water partition coefficient (Wildman–Crippen LogP) is 10.00. The van der Waals surface area contributed by atoms with E-state index in [4.69, 9.17) is 24.2 Å². The van der Waals surface area contributed by atoms with Crippen molar-refractivity contribution in [1.29, 1.82) is 0 Å². The minimum atomic E-state index is -1.28. The zero-order valence-corrected chi connectivity index (χ0v) is 37.2. The molecule has 6 atom stereocenters. The van der Waals surface area contributed by atoms with Crippen molar-refractivity contribution < 1.29 is 38.9 Å². The first-order valence-corrected chi connectivity index (χ1v) is 23.8. The highest BCUT2D eigenvalue weighted by Gasteiger charge is 2.65. The average Bonchev–Trinajstić information content (AvgIpc) is 4.11. The van der Waals surface area contributed by atoms with E-state index in [-0.39, 0.29) is 55.3 Å². The van der Waals surface area contributed by atoms with Gasteiger partial charge in [-0.3, -0.25) is 4.79 Å². The Labute approximate surface area is 360 Å². The summed E-state index contributed by atoms with van der Waals surface area (Å²) < 4.78 is 20.3. The first-order valence-electron chi connectivity index (χ1n) is 23.8. The van der Waals surface area contributed by atoms with E-state index in [2.05, 4.69) is 31.8 Å². The molecule has 4 aliphatic rings. The van der Waals surface area contributed by atoms with Gasteiger partial charge >= 0.3 is 6.09 Å². The molecule has 1 aliphatic heterocycles. The minimum absolute atomic E-state index is 0.00616. The van der Waals surface area contributed by atoms with Gasteiger partial charge in [0, 0.05) is 50.1 Å². The van der Waals surface area contributed by atoms with Gasteiger partial charge in [0.25, 0.3) is 0 Å². The van der Waals surface area contributed by atoms with Gasteiger partial charge in [-0.15, -0.1) is 6.58 Å². The standard InChI is InChI=1S/C49H77N3O8/c1-5-9-10-11-12-13-14-15-16-19-28-50-48(56)59-38-26-27-43-41(34-38)45-39(23-18-21-31-54)37(22-17-20-30-53)33-40-42(51-58-8-4)35-44(49(60-43,46(40)45)57-32-7-3)52(29-6-2)47(55)36-24-25-36/h7,26-27,33-34,36-37,39,44-46,53-54H,3,5-6,8-25,28-32,35H2,1-2,4H3,(H,50,56). The second-order valence-corrected chi connectivity index (χ2v) is 17.5. The zero-order valence-electron chi connectivity index (χ0n) is 37.2. The molecule has 2 fully saturated rings. The Hall–Kier alpha value is -3.41. The normalized spacial score (nSPS) is 24.8. The Bertz CT molecular complexity index is 1560. The molecule has 11 heteroatoms. The van der Waals surface area contributed by atoms with Gasteiger partial charge in [0.2, 0.25) is 11.7 Å². The van der Waals surface area contributed by atoms with Crippen molar-refractivity contribution in [3.8, 4) is 11.5 Å². The van der Waals surface area contributed by atoms with Crippen LogP contribution in [0.15, 0.2) is 47.7 Å². The van der Waals surface area contributed by atoms with Crippen LogP contribution >= 0.6 is 0 Å². The maximum Gasteiger partial charge on any atom is 0.412 e. The molecule has 0 radical (unpaired) electrons. The first kappa shape index (κ1) is 47.6. The fraction of sp³-hybridized carbons (Fsp3) is 0.735. The van der Waals surface area contributed by atoms with Crippen molar-refractivity contribution in [3.05, 3.63) is 48.1 Å². The van der Waals surface area contributed by atoms with Crippen molar-refractivity contribution in [1.82, 2.24) is 10.2 Å². The van der Waals surface area contributed by atoms with E-state index < -0.39 is 17.9 Å². The lowest BCUT2D eigenvalue weighted by Crippen LogP contribution is -2.70. The van der Waals surface area contributed by atoms with Gasteiger partial charge in [-0.05, 0) is 93.9 Å². The molecule has 6 unspecified atom stereocenters. The molecular weight excluding hydrogens is 759 g/mol. The smallest absolute Gasteiger partial charge is 0.412 e. The lowest BCUT2D eigenvalue weighted by Gasteiger charge is -2.60. The first-order chi connectivity index (χ1) is 29.4. The monoisotopic (exact) mass is 836 g/mol. The van der Waals surface area contributed by atoms with Crippen LogP contribution in [0.2, 0.25) is 0 Å². The number of ether oxygens (including phenoxy) is 3. The Balaban J connectivity index is 1.50. The highest BCUT2D eigenvalue weighted by Crippen LogP contribution is 2.62. The molecule has 1 heterocycles. The van der Waals surface area contributed by atoms with E-state index in [1.807, 2.05) is 24.0 Å². The molecule has 2 amide bonds. The third kappa shape index (κ3) is 12.4. The van der Waals surface area contributed by atoms with E-state index in [9.17, 15) is 19.8 Å². The largest absolute Gasteiger partial charge is 0.459 e. The summed E-state index contributed by atoms with van der Waals surface area (Å²) in [5.41, 5.74) is 2.73. The summed E-state index contributed by atoms with van der Waals surface area (Å²) in [5.74, 6) is -0.431. The Morgan fingerprint density at radius 3 is 2.28 bits per heavy atom. The molecule has 5 rings (SSSR count). The van der Waals surface area contributed by atoms with Crippen LogP contribution in [-0.4, -0.2) is 84.2 Å². The number of amides is 2. The highest BCUT2D eigenvalue weighted by molar-refractivity contribution is 6.03. The van der Waals surface area contributed by atoms with Gasteiger partial charge in [0.15, 0.2) is 0 Å². The van der Waals surface area contributed by atoms with Crippen LogP contribution < -0.4 is 14.8 Å². The number of aliphatic hydroxyl groups excluding tert-OH is 2. The predicted molar refractivity (Wildman–Crippen MR) is 237 cm³/mol. The maximum absolute atomic E-state index is 14.3. The molecule has 3 N–H and O–H groups in total. The van der Waals surface area contributed by atoms with Crippen LogP contribution in [-0.2, 0) is 14.4 Å². The Morgan fingerprint density at radius 1 is 0.933 bits per heavy atom. The Kier molecular flexibility index (Phi) is 19.8. The number of carbonyl (C=O) groups is 2. The summed E-state index contributed by atoms with van der Waals surface area (Å²) >= 11 is 0. The number of unbranched alkanes of at least 4 members (excludes halogenated alkanes) is 11. The van der Waals surface area contributed by atoms with Crippen LogP contribution in [0.3, 0.4) is 0 Å². The highest BCUT2D eigenvalue weighted by atomic mass is 16.7. The van der Waals surface area contributed by atoms with E-state index in [1.165, 1.54) is 51.4 Å². The summed E-state index contributed by atoms with van der Waals surface area (Å²) in [6.07, 6.45) is 23.6. The fourth-order valence-electron chi connectivity index (χ4n) is 10.0. The van der Waals surface area contributed by atoms with E-state index >= 15 is 0 Å². The molecule has 60 heavy (non-hydrogen) atoms. The van der Waals surface area contributed by atoms with Crippen molar-refractivity contribution in [3.63, 3.8) is 0 Å². The fourth-order valence-corrected chi connectivity index (χ4v) is 10.0. The summed E-state index contributed by atoms with van der Waals surface area (Å²) in [7, 11) is 0. The number of hydrogen-bond acceptors (Lipinski definition) is 9. The van der Waals surface area contributed by atoms with Crippen LogP contribution in [0.5, 0.6) is 11.5 Å². The molecule has 0 bridgehead atoms. The van der Waals surface area contributed by atoms with Crippen molar-refractivity contribution >= 4 is 17.7 Å². The molecule has 336 valence electrons. The number of fused-ring (bicyclic) bond motifs is 2. The molecule has 1 aromatic carbocycles. The molecular formula is C49H77N3O8. The summed E-state index contributed by atoms with van der Waals surface area (Å²) in [4.78, 5) is 35.4. The topological polar surface area (TPSA) is 139 Å². The van der Waals surface area contributed by atoms with E-state index in [0.29, 0.717) is 50.5 Å². The number of oxime groups is 1. The van der Waals surface area contributed by atoms with Crippen LogP contribution in [0.4, 0.5) is 4.79 Å². The minimum Gasteiger partial charge on any atom is -0.459 e.